The van der Waals surface area contributed by atoms with E-state index in [1.54, 1.807) is 13.8 Å². The summed E-state index contributed by atoms with van der Waals surface area (Å²) in [6, 6.07) is 8.33. The predicted molar refractivity (Wildman–Crippen MR) is 90.6 cm³/mol. The van der Waals surface area contributed by atoms with E-state index in [4.69, 9.17) is 9.57 Å². The van der Waals surface area contributed by atoms with Gasteiger partial charge in [-0.2, -0.15) is 0 Å². The number of amides is 2. The number of carbonyl (C=O) groups excluding carboxylic acids is 4. The van der Waals surface area contributed by atoms with Crippen LogP contribution < -0.4 is 10.8 Å². The number of carbonyl (C=O) groups is 4. The molecule has 1 heterocycles. The van der Waals surface area contributed by atoms with E-state index in [0.717, 1.165) is 5.56 Å². The maximum atomic E-state index is 12.5. The van der Waals surface area contributed by atoms with Gasteiger partial charge in [0, 0.05) is 6.42 Å². The number of Topliss-reactive ketones (excluding diaryl/α,β-unsaturated/α-hetero) is 2. The van der Waals surface area contributed by atoms with Gasteiger partial charge in [0.2, 0.25) is 5.78 Å². The molecule has 8 nitrogen and oxygen atoms in total. The summed E-state index contributed by atoms with van der Waals surface area (Å²) in [4.78, 5) is 52.4. The number of ether oxygens (including phenoxy) is 1. The van der Waals surface area contributed by atoms with E-state index >= 15 is 0 Å². The summed E-state index contributed by atoms with van der Waals surface area (Å²) in [6.45, 7) is 3.55. The molecule has 8 heteroatoms. The van der Waals surface area contributed by atoms with Gasteiger partial charge >= 0.3 is 12.0 Å². The minimum Gasteiger partial charge on any atom is -0.445 e. The van der Waals surface area contributed by atoms with Crippen LogP contribution in [0.4, 0.5) is 4.79 Å². The second-order valence-electron chi connectivity index (χ2n) is 6.40. The number of rotatable bonds is 7. The van der Waals surface area contributed by atoms with Crippen LogP contribution in [0.25, 0.3) is 0 Å². The Morgan fingerprint density at radius 1 is 1.27 bits per heavy atom. The van der Waals surface area contributed by atoms with E-state index in [1.807, 2.05) is 35.8 Å². The highest BCUT2D eigenvalue weighted by molar-refractivity contribution is 6.37. The van der Waals surface area contributed by atoms with Gasteiger partial charge in [0.1, 0.15) is 6.61 Å². The maximum absolute atomic E-state index is 12.5. The number of nitrogens with one attached hydrogen (secondary N) is 2. The van der Waals surface area contributed by atoms with Crippen molar-refractivity contribution in [1.82, 2.24) is 10.8 Å². The Morgan fingerprint density at radius 3 is 2.62 bits per heavy atom. The molecule has 2 atom stereocenters. The number of alkyl carbamates (subject to hydrolysis) is 1. The number of benzene rings is 1. The Kier molecular flexibility index (Phi) is 6.85. The molecule has 1 aromatic rings. The van der Waals surface area contributed by atoms with Crippen molar-refractivity contribution in [1.29, 1.82) is 0 Å². The van der Waals surface area contributed by atoms with E-state index < -0.39 is 29.7 Å². The van der Waals surface area contributed by atoms with Crippen molar-refractivity contribution < 1.29 is 28.8 Å². The number of hydrogen-bond donors (Lipinski definition) is 2. The average molecular weight is 362 g/mol. The maximum Gasteiger partial charge on any atom is 0.408 e. The van der Waals surface area contributed by atoms with Crippen molar-refractivity contribution in [3.8, 4) is 0 Å². The first-order chi connectivity index (χ1) is 12.4. The quantitative estimate of drug-likeness (QED) is 0.704. The third-order valence-corrected chi connectivity index (χ3v) is 3.99. The van der Waals surface area contributed by atoms with Crippen LogP contribution in [0.2, 0.25) is 0 Å². The zero-order chi connectivity index (χ0) is 19.1. The molecule has 0 aromatic heterocycles. The molecule has 1 fully saturated rings. The molecule has 26 heavy (non-hydrogen) atoms. The van der Waals surface area contributed by atoms with E-state index in [1.165, 1.54) is 0 Å². The van der Waals surface area contributed by atoms with E-state index in [-0.39, 0.29) is 31.3 Å². The van der Waals surface area contributed by atoms with E-state index in [2.05, 4.69) is 5.32 Å². The third kappa shape index (κ3) is 5.38. The van der Waals surface area contributed by atoms with Gasteiger partial charge in [-0.3, -0.25) is 19.2 Å². The molecule has 0 spiro atoms. The van der Waals surface area contributed by atoms with Gasteiger partial charge in [-0.15, -0.1) is 0 Å². The molecule has 1 aliphatic heterocycles. The van der Waals surface area contributed by atoms with Gasteiger partial charge in [-0.05, 0) is 11.5 Å². The van der Waals surface area contributed by atoms with Crippen molar-refractivity contribution in [2.45, 2.75) is 32.9 Å². The minimum absolute atomic E-state index is 0.0699. The fourth-order valence-electron chi connectivity index (χ4n) is 2.55. The lowest BCUT2D eigenvalue weighted by atomic mass is 9.90. The highest BCUT2D eigenvalue weighted by Gasteiger charge is 2.35. The number of hydroxylamine groups is 1. The van der Waals surface area contributed by atoms with Crippen LogP contribution in [0.5, 0.6) is 0 Å². The predicted octanol–water partition coefficient (Wildman–Crippen LogP) is 1.14. The largest absolute Gasteiger partial charge is 0.445 e. The number of ketones is 2. The lowest BCUT2D eigenvalue weighted by Crippen LogP contribution is -2.49. The normalized spacial score (nSPS) is 18.2. The number of hydrogen-bond acceptors (Lipinski definition) is 6. The van der Waals surface area contributed by atoms with Crippen molar-refractivity contribution in [2.75, 3.05) is 6.61 Å². The summed E-state index contributed by atoms with van der Waals surface area (Å²) in [7, 11) is 0. The van der Waals surface area contributed by atoms with E-state index in [0.29, 0.717) is 0 Å². The zero-order valence-electron chi connectivity index (χ0n) is 14.7. The molecular formula is C18H22N2O6. The van der Waals surface area contributed by atoms with Gasteiger partial charge in [0.05, 0.1) is 18.6 Å². The van der Waals surface area contributed by atoms with Gasteiger partial charge in [-0.25, -0.2) is 10.3 Å². The van der Waals surface area contributed by atoms with Crippen LogP contribution in [-0.2, 0) is 30.6 Å². The molecule has 2 N–H and O–H groups in total. The van der Waals surface area contributed by atoms with Gasteiger partial charge < -0.3 is 10.1 Å². The highest BCUT2D eigenvalue weighted by Crippen LogP contribution is 2.15. The SMILES string of the molecule is CC(C)C(NC(=O)OCc1ccccc1)C(=O)CC1CONC(=O)C1=O. The van der Waals surface area contributed by atoms with Crippen LogP contribution >= 0.6 is 0 Å². The summed E-state index contributed by atoms with van der Waals surface area (Å²) in [5, 5.41) is 2.54. The molecular weight excluding hydrogens is 340 g/mol. The van der Waals surface area contributed by atoms with Crippen LogP contribution in [0.15, 0.2) is 30.3 Å². The van der Waals surface area contributed by atoms with Crippen molar-refractivity contribution >= 4 is 23.6 Å². The lowest BCUT2D eigenvalue weighted by Gasteiger charge is -2.24. The molecule has 0 saturated carbocycles. The second kappa shape index (κ2) is 9.10. The molecule has 0 aliphatic carbocycles. The van der Waals surface area contributed by atoms with Crippen molar-refractivity contribution in [3.63, 3.8) is 0 Å². The van der Waals surface area contributed by atoms with Crippen LogP contribution in [0, 0.1) is 11.8 Å². The summed E-state index contributed by atoms with van der Waals surface area (Å²) >= 11 is 0. The van der Waals surface area contributed by atoms with Gasteiger partial charge in [0.25, 0.3) is 0 Å². The second-order valence-corrected chi connectivity index (χ2v) is 6.40. The molecule has 0 bridgehead atoms. The third-order valence-electron chi connectivity index (χ3n) is 3.99. The summed E-state index contributed by atoms with van der Waals surface area (Å²) in [5.41, 5.74) is 2.79. The van der Waals surface area contributed by atoms with Crippen LogP contribution in [0.1, 0.15) is 25.8 Å². The average Bonchev–Trinajstić information content (AvgIpc) is 2.62. The fraction of sp³-hybridized carbons (Fsp3) is 0.444. The molecule has 2 amide bonds. The van der Waals surface area contributed by atoms with E-state index in [9.17, 15) is 19.2 Å². The van der Waals surface area contributed by atoms with Crippen molar-refractivity contribution in [3.05, 3.63) is 35.9 Å². The zero-order valence-corrected chi connectivity index (χ0v) is 14.7. The summed E-state index contributed by atoms with van der Waals surface area (Å²) < 4.78 is 5.13. The lowest BCUT2D eigenvalue weighted by molar-refractivity contribution is -0.158. The van der Waals surface area contributed by atoms with Crippen LogP contribution in [0.3, 0.4) is 0 Å². The van der Waals surface area contributed by atoms with Crippen LogP contribution in [-0.4, -0.2) is 36.2 Å². The molecule has 2 unspecified atom stereocenters. The molecule has 1 saturated heterocycles. The first-order valence-electron chi connectivity index (χ1n) is 8.34. The van der Waals surface area contributed by atoms with Gasteiger partial charge in [-0.1, -0.05) is 44.2 Å². The molecule has 0 radical (unpaired) electrons. The molecule has 140 valence electrons. The monoisotopic (exact) mass is 362 g/mol. The summed E-state index contributed by atoms with van der Waals surface area (Å²) in [5.74, 6) is -2.97. The Bertz CT molecular complexity index is 674. The van der Waals surface area contributed by atoms with Crippen molar-refractivity contribution in [2.24, 2.45) is 11.8 Å². The Balaban J connectivity index is 1.90. The smallest absolute Gasteiger partial charge is 0.408 e. The Morgan fingerprint density at radius 2 is 1.96 bits per heavy atom. The highest BCUT2D eigenvalue weighted by atomic mass is 16.7. The topological polar surface area (TPSA) is 111 Å². The molecule has 1 aliphatic rings. The Labute approximate surface area is 151 Å². The molecule has 2 rings (SSSR count). The minimum atomic E-state index is -0.870. The first-order valence-corrected chi connectivity index (χ1v) is 8.34. The van der Waals surface area contributed by atoms with Gasteiger partial charge in [0.15, 0.2) is 5.78 Å². The standard InChI is InChI=1S/C18H22N2O6/c1-11(2)15(14(21)8-13-10-26-20-17(23)16(13)22)19-18(24)25-9-12-6-4-3-5-7-12/h3-7,11,13,15H,8-10H2,1-2H3,(H,19,24)(H,20,23). The Hall–Kier alpha value is -2.74. The fourth-order valence-corrected chi connectivity index (χ4v) is 2.55. The molecule has 1 aromatic carbocycles. The summed E-state index contributed by atoms with van der Waals surface area (Å²) in [6.07, 6.45) is -0.904. The first kappa shape index (κ1) is 19.6.